The van der Waals surface area contributed by atoms with Crippen LogP contribution in [0.15, 0.2) is 29.8 Å². The number of carboxylic acid groups (broad SMARTS) is 2. The monoisotopic (exact) mass is 948 g/mol. The molecule has 0 radical (unpaired) electrons. The van der Waals surface area contributed by atoms with Crippen LogP contribution in [-0.2, 0) is 42.5 Å². The summed E-state index contributed by atoms with van der Waals surface area (Å²) in [5.41, 5.74) is 3.36. The van der Waals surface area contributed by atoms with Gasteiger partial charge in [-0.3, -0.25) is 18.6 Å². The highest BCUT2D eigenvalue weighted by molar-refractivity contribution is 7.47. The van der Waals surface area contributed by atoms with Crippen LogP contribution in [0.25, 0.3) is 0 Å². The number of unbranched alkanes of at least 4 members (excludes halogenated alkanes) is 8. The summed E-state index contributed by atoms with van der Waals surface area (Å²) in [5.74, 6) is 3.10. The number of phosphoric ester groups is 1. The third-order valence-corrected chi connectivity index (χ3v) is 18.0. The lowest BCUT2D eigenvalue weighted by atomic mass is 9.47. The summed E-state index contributed by atoms with van der Waals surface area (Å²) < 4.78 is 24.5. The van der Waals surface area contributed by atoms with Crippen LogP contribution in [0.3, 0.4) is 0 Å². The molecule has 3 saturated carbocycles. The average molecular weight is 948 g/mol. The molecule has 4 aliphatic rings. The quantitative estimate of drug-likeness (QED) is 0.0290. The summed E-state index contributed by atoms with van der Waals surface area (Å²) in [6.45, 7) is 19.6. The van der Waals surface area contributed by atoms with Gasteiger partial charge in [0.2, 0.25) is 0 Å². The van der Waals surface area contributed by atoms with E-state index in [0.29, 0.717) is 24.2 Å². The van der Waals surface area contributed by atoms with Gasteiger partial charge < -0.3 is 33.6 Å². The van der Waals surface area contributed by atoms with Crippen LogP contribution >= 0.6 is 7.82 Å². The maximum Gasteiger partial charge on any atom is 0.472 e. The number of carboxylic acids is 2. The molecule has 0 aliphatic heterocycles. The lowest BCUT2D eigenvalue weighted by molar-refractivity contribution is -0.147. The molecular weight excluding hydrogens is 850 g/mol. The summed E-state index contributed by atoms with van der Waals surface area (Å²) in [5, 5.41) is 19.4. The Kier molecular flexibility index (Phi) is 23.3. The van der Waals surface area contributed by atoms with E-state index >= 15 is 0 Å². The Balaban J connectivity index is 0.00000499. The van der Waals surface area contributed by atoms with Gasteiger partial charge >= 0.3 is 19.8 Å². The van der Waals surface area contributed by atoms with E-state index in [1.165, 1.54) is 50.5 Å². The molecular formula is C54H98N3O8P. The van der Waals surface area contributed by atoms with Gasteiger partial charge in [-0.1, -0.05) is 129 Å². The molecule has 0 amide bonds. The van der Waals surface area contributed by atoms with Crippen LogP contribution in [-0.4, -0.2) is 39.8 Å². The average Bonchev–Trinajstić information content (AvgIpc) is 3.55. The molecule has 3 fully saturated rings. The Labute approximate surface area is 401 Å². The fraction of sp³-hybridized carbons (Fsp3) is 0.815. The SMILES string of the molecule is CC(C)CCCC(C)C1CCC2C3CC=C4CC(OP(=O)(O)OCCCCCCCCCCCc5cc(CC(C)(C)C(=O)O)cc(CC(C)(C)C(=O)O)c5)CC[C@]4(C)C3CC[C@]12C.N.N.N. The molecule has 12 heteroatoms. The number of aliphatic carboxylic acids is 2. The number of aryl methyl sites for hydroxylation is 1. The van der Waals surface area contributed by atoms with Crippen molar-refractivity contribution in [1.82, 2.24) is 18.5 Å². The molecule has 66 heavy (non-hydrogen) atoms. The number of hydrogen-bond acceptors (Lipinski definition) is 8. The normalized spacial score (nSPS) is 27.4. The molecule has 4 aliphatic carbocycles. The lowest BCUT2D eigenvalue weighted by Crippen LogP contribution is -2.51. The minimum absolute atomic E-state index is 0. The first kappa shape index (κ1) is 60.0. The van der Waals surface area contributed by atoms with Crippen molar-refractivity contribution in [2.75, 3.05) is 6.61 Å². The van der Waals surface area contributed by atoms with Crippen LogP contribution in [0.1, 0.15) is 207 Å². The fourth-order valence-corrected chi connectivity index (χ4v) is 14.1. The van der Waals surface area contributed by atoms with Gasteiger partial charge in [-0.15, -0.1) is 0 Å². The number of hydrogen-bond donors (Lipinski definition) is 6. The minimum atomic E-state index is -4.12. The predicted molar refractivity (Wildman–Crippen MR) is 271 cm³/mol. The molecule has 9 atom stereocenters. The molecule has 11 nitrogen and oxygen atoms in total. The van der Waals surface area contributed by atoms with Crippen molar-refractivity contribution in [3.63, 3.8) is 0 Å². The van der Waals surface area contributed by atoms with Crippen molar-refractivity contribution in [2.24, 2.45) is 57.2 Å². The summed E-state index contributed by atoms with van der Waals surface area (Å²) in [6.07, 6.45) is 26.8. The van der Waals surface area contributed by atoms with E-state index < -0.39 is 30.6 Å². The van der Waals surface area contributed by atoms with Gasteiger partial charge in [0.1, 0.15) is 0 Å². The van der Waals surface area contributed by atoms with Gasteiger partial charge in [0.25, 0.3) is 0 Å². The van der Waals surface area contributed by atoms with Gasteiger partial charge in [0.15, 0.2) is 0 Å². The van der Waals surface area contributed by atoms with Gasteiger partial charge in [-0.05, 0) is 174 Å². The molecule has 12 N–H and O–H groups in total. The first-order chi connectivity index (χ1) is 29.6. The number of rotatable bonds is 26. The van der Waals surface area contributed by atoms with Gasteiger partial charge in [-0.2, -0.15) is 0 Å². The molecule has 0 heterocycles. The molecule has 1 aromatic rings. The van der Waals surface area contributed by atoms with Gasteiger partial charge in [-0.25, -0.2) is 4.57 Å². The predicted octanol–water partition coefficient (Wildman–Crippen LogP) is 15.1. The van der Waals surface area contributed by atoms with Crippen molar-refractivity contribution in [1.29, 1.82) is 0 Å². The molecule has 0 bridgehead atoms. The Morgan fingerprint density at radius 2 is 1.27 bits per heavy atom. The second-order valence-electron chi connectivity index (χ2n) is 23.4. The Bertz CT molecular complexity index is 1720. The van der Waals surface area contributed by atoms with Crippen molar-refractivity contribution >= 4 is 19.8 Å². The van der Waals surface area contributed by atoms with Gasteiger partial charge in [0.05, 0.1) is 23.5 Å². The van der Waals surface area contributed by atoms with E-state index in [9.17, 15) is 29.3 Å². The maximum absolute atomic E-state index is 13.1. The first-order valence-electron chi connectivity index (χ1n) is 25.5. The number of benzene rings is 1. The van der Waals surface area contributed by atoms with Gasteiger partial charge in [0, 0.05) is 0 Å². The molecule has 0 spiro atoms. The van der Waals surface area contributed by atoms with E-state index in [1.54, 1.807) is 27.7 Å². The minimum Gasteiger partial charge on any atom is -0.481 e. The largest absolute Gasteiger partial charge is 0.481 e. The maximum atomic E-state index is 13.1. The third kappa shape index (κ3) is 15.7. The van der Waals surface area contributed by atoms with Crippen LogP contribution in [0.4, 0.5) is 0 Å². The van der Waals surface area contributed by atoms with Crippen molar-refractivity contribution < 1.29 is 38.3 Å². The van der Waals surface area contributed by atoms with Crippen LogP contribution in [0, 0.1) is 57.2 Å². The summed E-state index contributed by atoms with van der Waals surface area (Å²) in [6, 6.07) is 6.19. The number of carbonyl (C=O) groups is 2. The first-order valence-corrected chi connectivity index (χ1v) is 27.0. The zero-order valence-electron chi connectivity index (χ0n) is 43.3. The highest BCUT2D eigenvalue weighted by Gasteiger charge is 2.59. The fourth-order valence-electron chi connectivity index (χ4n) is 13.2. The lowest BCUT2D eigenvalue weighted by Gasteiger charge is -2.58. The molecule has 7 unspecified atom stereocenters. The highest BCUT2D eigenvalue weighted by atomic mass is 31.2. The molecule has 0 aromatic heterocycles. The van der Waals surface area contributed by atoms with E-state index in [2.05, 4.69) is 52.8 Å². The molecule has 0 saturated heterocycles. The van der Waals surface area contributed by atoms with E-state index in [-0.39, 0.29) is 36.6 Å². The zero-order chi connectivity index (χ0) is 46.2. The van der Waals surface area contributed by atoms with Crippen molar-refractivity contribution in [3.8, 4) is 0 Å². The standard InChI is InChI=1S/C54H89O8P.3H3N/c1-38(2)20-19-21-39(3)46-25-26-47-45-24-23-43-35-44(27-29-53(43,8)48(45)28-30-54(46,47)9)62-63(59,60)61-31-18-16-14-12-10-11-13-15-17-22-40-32-41(36-51(4,5)49(55)56)34-42(33-40)37-52(6,7)50(57)58;;;/h23,32-34,38-39,44-48H,10-22,24-31,35-37H2,1-9H3,(H,55,56)(H,57,58)(H,59,60);3*1H3/t39?,44?,45?,46?,47?,48?,53-,54+;;;/m0.../s1. The van der Waals surface area contributed by atoms with Crippen molar-refractivity contribution in [3.05, 3.63) is 46.5 Å². The number of fused-ring (bicyclic) bond motifs is 5. The molecule has 1 aromatic carbocycles. The van der Waals surface area contributed by atoms with Crippen LogP contribution in [0.2, 0.25) is 0 Å². The second kappa shape index (κ2) is 25.7. The van der Waals surface area contributed by atoms with Crippen molar-refractivity contribution in [2.45, 2.75) is 216 Å². The number of phosphoric acid groups is 1. The summed E-state index contributed by atoms with van der Waals surface area (Å²) >= 11 is 0. The summed E-state index contributed by atoms with van der Waals surface area (Å²) in [4.78, 5) is 34.4. The second-order valence-corrected chi connectivity index (χ2v) is 24.8. The Morgan fingerprint density at radius 1 is 0.727 bits per heavy atom. The number of allylic oxidation sites excluding steroid dienone is 1. The van der Waals surface area contributed by atoms with Crippen LogP contribution < -0.4 is 18.5 Å². The smallest absolute Gasteiger partial charge is 0.472 e. The van der Waals surface area contributed by atoms with E-state index in [0.717, 1.165) is 136 Å². The summed E-state index contributed by atoms with van der Waals surface area (Å²) in [7, 11) is -4.12. The zero-order valence-corrected chi connectivity index (χ0v) is 44.2. The van der Waals surface area contributed by atoms with E-state index in [4.69, 9.17) is 9.05 Å². The third-order valence-electron chi connectivity index (χ3n) is 17.0. The van der Waals surface area contributed by atoms with Crippen LogP contribution in [0.5, 0.6) is 0 Å². The molecule has 382 valence electrons. The van der Waals surface area contributed by atoms with E-state index in [1.807, 2.05) is 6.07 Å². The Hall–Kier alpha value is -2.11. The Morgan fingerprint density at radius 3 is 1.83 bits per heavy atom. The highest BCUT2D eigenvalue weighted by Crippen LogP contribution is 2.68. The molecule has 5 rings (SSSR count). The topological polar surface area (TPSA) is 235 Å².